The van der Waals surface area contributed by atoms with Crippen LogP contribution in [-0.4, -0.2) is 22.9 Å². The van der Waals surface area contributed by atoms with E-state index in [1.807, 2.05) is 0 Å². The molecule has 0 saturated carbocycles. The van der Waals surface area contributed by atoms with Crippen LogP contribution >= 0.6 is 0 Å². The minimum absolute atomic E-state index is 0.138. The predicted molar refractivity (Wildman–Crippen MR) is 60.8 cm³/mol. The van der Waals surface area contributed by atoms with Crippen molar-refractivity contribution in [3.8, 4) is 0 Å². The number of carbonyl (C=O) groups is 1. The molecular formula is C10H13FN2O2S. The van der Waals surface area contributed by atoms with Crippen LogP contribution < -0.4 is 11.1 Å². The van der Waals surface area contributed by atoms with Crippen LogP contribution in [0.4, 0.5) is 10.1 Å². The molecule has 0 aliphatic heterocycles. The van der Waals surface area contributed by atoms with Crippen molar-refractivity contribution in [1.82, 2.24) is 5.32 Å². The lowest BCUT2D eigenvalue weighted by atomic mass is 10.3. The molecule has 16 heavy (non-hydrogen) atoms. The fourth-order valence-corrected chi connectivity index (χ4v) is 2.26. The average molecular weight is 244 g/mol. The molecule has 3 N–H and O–H groups in total. The van der Waals surface area contributed by atoms with Gasteiger partial charge in [0.2, 0.25) is 5.91 Å². The largest absolute Gasteiger partial charge is 0.399 e. The smallest absolute Gasteiger partial charge is 0.220 e. The number of nitrogen functional groups attached to an aromatic ring is 1. The van der Waals surface area contributed by atoms with Gasteiger partial charge in [0.25, 0.3) is 0 Å². The lowest BCUT2D eigenvalue weighted by Crippen LogP contribution is -2.19. The molecule has 0 spiro atoms. The number of amides is 1. The Balaban J connectivity index is 2.69. The van der Waals surface area contributed by atoms with Gasteiger partial charge in [-0.3, -0.25) is 9.00 Å². The molecule has 1 aromatic carbocycles. The van der Waals surface area contributed by atoms with Crippen LogP contribution in [0.1, 0.15) is 6.42 Å². The number of nitrogens with two attached hydrogens (primary N) is 1. The molecule has 0 bridgehead atoms. The molecule has 0 aliphatic carbocycles. The predicted octanol–water partition coefficient (Wildman–Crippen LogP) is 0.652. The van der Waals surface area contributed by atoms with Gasteiger partial charge < -0.3 is 11.1 Å². The van der Waals surface area contributed by atoms with Gasteiger partial charge in [-0.25, -0.2) is 4.39 Å². The highest BCUT2D eigenvalue weighted by Crippen LogP contribution is 2.14. The highest BCUT2D eigenvalue weighted by Gasteiger charge is 2.08. The second-order valence-corrected chi connectivity index (χ2v) is 4.76. The molecule has 1 aromatic rings. The van der Waals surface area contributed by atoms with Gasteiger partial charge in [0, 0.05) is 29.8 Å². The SMILES string of the molecule is CNC(=O)CCS(=O)c1cc(N)cc(F)c1. The second-order valence-electron chi connectivity index (χ2n) is 3.19. The first-order valence-electron chi connectivity index (χ1n) is 4.68. The first-order valence-corrected chi connectivity index (χ1v) is 6.00. The number of carbonyl (C=O) groups excluding carboxylic acids is 1. The van der Waals surface area contributed by atoms with Gasteiger partial charge in [0.1, 0.15) is 5.82 Å². The molecule has 0 aliphatic rings. The van der Waals surface area contributed by atoms with Crippen molar-refractivity contribution >= 4 is 22.4 Å². The molecule has 4 nitrogen and oxygen atoms in total. The summed E-state index contributed by atoms with van der Waals surface area (Å²) in [4.78, 5) is 11.2. The van der Waals surface area contributed by atoms with E-state index in [0.717, 1.165) is 12.1 Å². The Kier molecular flexibility index (Phi) is 4.42. The number of anilines is 1. The molecule has 88 valence electrons. The molecule has 0 heterocycles. The Labute approximate surface area is 95.5 Å². The average Bonchev–Trinajstić information content (AvgIpc) is 2.23. The normalized spacial score (nSPS) is 12.1. The first kappa shape index (κ1) is 12.6. The summed E-state index contributed by atoms with van der Waals surface area (Å²) in [6.07, 6.45) is 0.138. The molecule has 0 fully saturated rings. The maximum Gasteiger partial charge on any atom is 0.220 e. The first-order chi connectivity index (χ1) is 7.52. The topological polar surface area (TPSA) is 72.2 Å². The van der Waals surface area contributed by atoms with E-state index in [2.05, 4.69) is 5.32 Å². The summed E-state index contributed by atoms with van der Waals surface area (Å²) >= 11 is 0. The van der Waals surface area contributed by atoms with E-state index in [4.69, 9.17) is 5.73 Å². The van der Waals surface area contributed by atoms with E-state index in [-0.39, 0.29) is 23.8 Å². The summed E-state index contributed by atoms with van der Waals surface area (Å²) in [5.74, 6) is -0.566. The van der Waals surface area contributed by atoms with E-state index < -0.39 is 16.6 Å². The molecule has 1 atom stereocenters. The van der Waals surface area contributed by atoms with E-state index in [1.54, 1.807) is 0 Å². The zero-order chi connectivity index (χ0) is 12.1. The van der Waals surface area contributed by atoms with E-state index in [1.165, 1.54) is 13.1 Å². The van der Waals surface area contributed by atoms with E-state index in [9.17, 15) is 13.4 Å². The van der Waals surface area contributed by atoms with Gasteiger partial charge in [-0.2, -0.15) is 0 Å². The van der Waals surface area contributed by atoms with Crippen LogP contribution in [0.25, 0.3) is 0 Å². The number of hydrogen-bond acceptors (Lipinski definition) is 3. The zero-order valence-electron chi connectivity index (χ0n) is 8.83. The summed E-state index contributed by atoms with van der Waals surface area (Å²) < 4.78 is 24.6. The Bertz CT molecular complexity index is 403. The highest BCUT2D eigenvalue weighted by atomic mass is 32.2. The molecule has 0 radical (unpaired) electrons. The molecule has 0 saturated heterocycles. The van der Waals surface area contributed by atoms with Crippen LogP contribution in [0.2, 0.25) is 0 Å². The molecule has 1 amide bonds. The Morgan fingerprint density at radius 2 is 2.19 bits per heavy atom. The fraction of sp³-hybridized carbons (Fsp3) is 0.300. The third kappa shape index (κ3) is 3.62. The summed E-state index contributed by atoms with van der Waals surface area (Å²) in [6, 6.07) is 3.76. The van der Waals surface area contributed by atoms with Crippen LogP contribution in [0.3, 0.4) is 0 Å². The van der Waals surface area contributed by atoms with Gasteiger partial charge >= 0.3 is 0 Å². The van der Waals surface area contributed by atoms with Crippen molar-refractivity contribution < 1.29 is 13.4 Å². The van der Waals surface area contributed by atoms with Crippen LogP contribution in [-0.2, 0) is 15.6 Å². The molecule has 6 heteroatoms. The Morgan fingerprint density at radius 3 is 2.75 bits per heavy atom. The standard InChI is InChI=1S/C10H13FN2O2S/c1-13-10(14)2-3-16(15)9-5-7(11)4-8(12)6-9/h4-6H,2-3,12H2,1H3,(H,13,14). The van der Waals surface area contributed by atoms with Crippen molar-refractivity contribution in [3.63, 3.8) is 0 Å². The maximum atomic E-state index is 13.0. The van der Waals surface area contributed by atoms with E-state index >= 15 is 0 Å². The third-order valence-corrected chi connectivity index (χ3v) is 3.29. The Morgan fingerprint density at radius 1 is 1.50 bits per heavy atom. The molecule has 1 rings (SSSR count). The van der Waals surface area contributed by atoms with Gasteiger partial charge in [-0.05, 0) is 18.2 Å². The Hall–Kier alpha value is -1.43. The number of nitrogens with one attached hydrogen (secondary N) is 1. The van der Waals surface area contributed by atoms with Gasteiger partial charge in [-0.1, -0.05) is 0 Å². The number of benzene rings is 1. The van der Waals surface area contributed by atoms with Gasteiger partial charge in [-0.15, -0.1) is 0 Å². The summed E-state index contributed by atoms with van der Waals surface area (Å²) in [6.45, 7) is 0. The summed E-state index contributed by atoms with van der Waals surface area (Å²) in [5, 5.41) is 2.42. The van der Waals surface area contributed by atoms with Crippen LogP contribution in [0, 0.1) is 5.82 Å². The highest BCUT2D eigenvalue weighted by molar-refractivity contribution is 7.85. The summed E-state index contributed by atoms with van der Waals surface area (Å²) in [7, 11) is 0.0984. The number of rotatable bonds is 4. The number of hydrogen-bond donors (Lipinski definition) is 2. The lowest BCUT2D eigenvalue weighted by Gasteiger charge is -2.03. The molecule has 0 aromatic heterocycles. The maximum absolute atomic E-state index is 13.0. The van der Waals surface area contributed by atoms with Crippen molar-refractivity contribution in [2.75, 3.05) is 18.5 Å². The number of halogens is 1. The van der Waals surface area contributed by atoms with Crippen LogP contribution in [0.5, 0.6) is 0 Å². The molecular weight excluding hydrogens is 231 g/mol. The summed E-state index contributed by atoms with van der Waals surface area (Å²) in [5.41, 5.74) is 5.65. The fourth-order valence-electron chi connectivity index (χ4n) is 1.14. The van der Waals surface area contributed by atoms with Crippen molar-refractivity contribution in [3.05, 3.63) is 24.0 Å². The van der Waals surface area contributed by atoms with Crippen LogP contribution in [0.15, 0.2) is 23.1 Å². The monoisotopic (exact) mass is 244 g/mol. The molecule has 1 unspecified atom stereocenters. The zero-order valence-corrected chi connectivity index (χ0v) is 9.64. The van der Waals surface area contributed by atoms with Crippen molar-refractivity contribution in [2.45, 2.75) is 11.3 Å². The minimum Gasteiger partial charge on any atom is -0.399 e. The lowest BCUT2D eigenvalue weighted by molar-refractivity contribution is -0.120. The minimum atomic E-state index is -1.41. The van der Waals surface area contributed by atoms with Gasteiger partial charge in [0.05, 0.1) is 10.8 Å². The third-order valence-electron chi connectivity index (χ3n) is 1.95. The van der Waals surface area contributed by atoms with Gasteiger partial charge in [0.15, 0.2) is 0 Å². The second kappa shape index (κ2) is 5.60. The van der Waals surface area contributed by atoms with Crippen molar-refractivity contribution in [2.24, 2.45) is 0 Å². The van der Waals surface area contributed by atoms with Crippen molar-refractivity contribution in [1.29, 1.82) is 0 Å². The van der Waals surface area contributed by atoms with E-state index in [0.29, 0.717) is 4.90 Å². The quantitative estimate of drug-likeness (QED) is 0.764.